The van der Waals surface area contributed by atoms with Gasteiger partial charge in [-0.2, -0.15) is 0 Å². The zero-order valence-corrected chi connectivity index (χ0v) is 20.5. The van der Waals surface area contributed by atoms with Gasteiger partial charge in [-0.15, -0.1) is 0 Å². The molecule has 0 aromatic heterocycles. The monoisotopic (exact) mass is 459 g/mol. The highest BCUT2D eigenvalue weighted by molar-refractivity contribution is 7.92. The summed E-state index contributed by atoms with van der Waals surface area (Å²) in [4.78, 5) is 27.5. The Morgan fingerprint density at radius 2 is 1.72 bits per heavy atom. The number of hydrogen-bond acceptors (Lipinski definition) is 4. The number of aryl methyl sites for hydroxylation is 2. The van der Waals surface area contributed by atoms with Gasteiger partial charge in [0, 0.05) is 13.6 Å². The summed E-state index contributed by atoms with van der Waals surface area (Å²) in [5.41, 5.74) is 4.09. The molecule has 2 aromatic rings. The van der Waals surface area contributed by atoms with Gasteiger partial charge in [0.25, 0.3) is 0 Å². The van der Waals surface area contributed by atoms with E-state index in [0.29, 0.717) is 12.1 Å². The fourth-order valence-electron chi connectivity index (χ4n) is 3.69. The van der Waals surface area contributed by atoms with E-state index in [9.17, 15) is 18.0 Å². The number of nitrogens with zero attached hydrogens (tertiary/aromatic N) is 2. The second-order valence-electron chi connectivity index (χ2n) is 8.04. The van der Waals surface area contributed by atoms with Crippen LogP contribution in [0.3, 0.4) is 0 Å². The molecule has 1 N–H and O–H groups in total. The SMILES string of the molecule is CCC(C(=O)NC)N(Cc1cccc(C)c1)C(=O)CN(c1cccc(C)c1C)S(C)(=O)=O. The third kappa shape index (κ3) is 6.09. The van der Waals surface area contributed by atoms with Crippen LogP contribution in [0.25, 0.3) is 0 Å². The normalized spacial score (nSPS) is 12.2. The van der Waals surface area contributed by atoms with Crippen LogP contribution < -0.4 is 9.62 Å². The number of amides is 2. The molecule has 0 saturated heterocycles. The molecular weight excluding hydrogens is 426 g/mol. The number of benzene rings is 2. The number of nitrogens with one attached hydrogen (secondary N) is 1. The van der Waals surface area contributed by atoms with Gasteiger partial charge in [-0.25, -0.2) is 8.42 Å². The van der Waals surface area contributed by atoms with Gasteiger partial charge in [0.15, 0.2) is 0 Å². The van der Waals surface area contributed by atoms with Gasteiger partial charge in [0.05, 0.1) is 11.9 Å². The molecule has 0 aliphatic heterocycles. The molecule has 7 nitrogen and oxygen atoms in total. The number of rotatable bonds is 9. The van der Waals surface area contributed by atoms with E-state index in [2.05, 4.69) is 5.32 Å². The Labute approximate surface area is 191 Å². The van der Waals surface area contributed by atoms with E-state index >= 15 is 0 Å². The minimum atomic E-state index is -3.74. The molecule has 0 spiro atoms. The number of likely N-dealkylation sites (N-methyl/N-ethyl adjacent to an activating group) is 1. The average molecular weight is 460 g/mol. The second kappa shape index (κ2) is 10.6. The summed E-state index contributed by atoms with van der Waals surface area (Å²) >= 11 is 0. The van der Waals surface area contributed by atoms with Gasteiger partial charge >= 0.3 is 0 Å². The van der Waals surface area contributed by atoms with Crippen LogP contribution in [0.5, 0.6) is 0 Å². The Morgan fingerprint density at radius 3 is 2.28 bits per heavy atom. The van der Waals surface area contributed by atoms with E-state index in [-0.39, 0.29) is 19.0 Å². The molecule has 2 rings (SSSR count). The first-order valence-corrected chi connectivity index (χ1v) is 12.4. The van der Waals surface area contributed by atoms with Crippen molar-refractivity contribution in [3.8, 4) is 0 Å². The average Bonchev–Trinajstić information content (AvgIpc) is 2.73. The quantitative estimate of drug-likeness (QED) is 0.625. The minimum Gasteiger partial charge on any atom is -0.357 e. The van der Waals surface area contributed by atoms with Crippen LogP contribution in [-0.4, -0.2) is 51.0 Å². The fourth-order valence-corrected chi connectivity index (χ4v) is 4.59. The minimum absolute atomic E-state index is 0.205. The third-order valence-electron chi connectivity index (χ3n) is 5.59. The third-order valence-corrected chi connectivity index (χ3v) is 6.72. The van der Waals surface area contributed by atoms with E-state index in [1.807, 2.05) is 58.0 Å². The lowest BCUT2D eigenvalue weighted by Crippen LogP contribution is -2.51. The van der Waals surface area contributed by atoms with E-state index in [4.69, 9.17) is 0 Å². The summed E-state index contributed by atoms with van der Waals surface area (Å²) in [5.74, 6) is -0.723. The Bertz CT molecular complexity index is 1080. The number of carbonyl (C=O) groups excluding carboxylic acids is 2. The molecule has 0 heterocycles. The Hall–Kier alpha value is -2.87. The zero-order chi connectivity index (χ0) is 24.1. The van der Waals surface area contributed by atoms with Crippen LogP contribution in [0.15, 0.2) is 42.5 Å². The summed E-state index contributed by atoms with van der Waals surface area (Å²) in [6.07, 6.45) is 1.49. The maximum atomic E-state index is 13.5. The highest BCUT2D eigenvalue weighted by Gasteiger charge is 2.31. The Morgan fingerprint density at radius 1 is 1.06 bits per heavy atom. The predicted molar refractivity (Wildman–Crippen MR) is 128 cm³/mol. The molecule has 8 heteroatoms. The molecule has 1 unspecified atom stereocenters. The van der Waals surface area contributed by atoms with Crippen LogP contribution in [0.4, 0.5) is 5.69 Å². The highest BCUT2D eigenvalue weighted by Crippen LogP contribution is 2.25. The van der Waals surface area contributed by atoms with Crippen LogP contribution in [0, 0.1) is 20.8 Å². The van der Waals surface area contributed by atoms with Crippen molar-refractivity contribution in [2.45, 2.75) is 46.7 Å². The molecule has 0 saturated carbocycles. The molecule has 2 amide bonds. The summed E-state index contributed by atoms with van der Waals surface area (Å²) in [7, 11) is -2.21. The van der Waals surface area contributed by atoms with E-state index < -0.39 is 22.0 Å². The van der Waals surface area contributed by atoms with Crippen LogP contribution in [-0.2, 0) is 26.2 Å². The Kier molecular flexibility index (Phi) is 8.44. The first kappa shape index (κ1) is 25.4. The largest absolute Gasteiger partial charge is 0.357 e. The van der Waals surface area contributed by atoms with Crippen LogP contribution >= 0.6 is 0 Å². The summed E-state index contributed by atoms with van der Waals surface area (Å²) in [5, 5.41) is 2.62. The van der Waals surface area contributed by atoms with Crippen LogP contribution in [0.1, 0.15) is 35.6 Å². The lowest BCUT2D eigenvalue weighted by Gasteiger charge is -2.33. The molecule has 174 valence electrons. The molecule has 0 bridgehead atoms. The second-order valence-corrected chi connectivity index (χ2v) is 9.94. The molecule has 0 aliphatic rings. The number of hydrogen-bond donors (Lipinski definition) is 1. The highest BCUT2D eigenvalue weighted by atomic mass is 32.2. The van der Waals surface area contributed by atoms with Crippen molar-refractivity contribution in [3.05, 3.63) is 64.7 Å². The topological polar surface area (TPSA) is 86.8 Å². The van der Waals surface area contributed by atoms with Crippen molar-refractivity contribution in [2.75, 3.05) is 24.2 Å². The smallest absolute Gasteiger partial charge is 0.244 e. The standard InChI is InChI=1S/C24H33N3O4S/c1-7-21(24(29)25-5)26(15-20-12-8-10-17(2)14-20)23(28)16-27(32(6,30)31)22-13-9-11-18(3)19(22)4/h8-14,21H,7,15-16H2,1-6H3,(H,25,29). The molecule has 1 atom stereocenters. The lowest BCUT2D eigenvalue weighted by atomic mass is 10.1. The number of anilines is 1. The maximum Gasteiger partial charge on any atom is 0.244 e. The summed E-state index contributed by atoms with van der Waals surface area (Å²) in [6.45, 7) is 7.33. The van der Waals surface area contributed by atoms with E-state index in [0.717, 1.165) is 32.8 Å². The van der Waals surface area contributed by atoms with Crippen molar-refractivity contribution in [1.82, 2.24) is 10.2 Å². The molecule has 2 aromatic carbocycles. The van der Waals surface area contributed by atoms with Crippen molar-refractivity contribution in [3.63, 3.8) is 0 Å². The van der Waals surface area contributed by atoms with Crippen molar-refractivity contribution < 1.29 is 18.0 Å². The zero-order valence-electron chi connectivity index (χ0n) is 19.7. The first-order chi connectivity index (χ1) is 15.0. The number of sulfonamides is 1. The molecular formula is C24H33N3O4S. The van der Waals surface area contributed by atoms with Crippen molar-refractivity contribution in [1.29, 1.82) is 0 Å². The van der Waals surface area contributed by atoms with Crippen molar-refractivity contribution >= 4 is 27.5 Å². The van der Waals surface area contributed by atoms with Gasteiger partial charge in [0.2, 0.25) is 21.8 Å². The fraction of sp³-hybridized carbons (Fsp3) is 0.417. The van der Waals surface area contributed by atoms with Gasteiger partial charge in [-0.05, 0) is 49.9 Å². The van der Waals surface area contributed by atoms with Crippen molar-refractivity contribution in [2.24, 2.45) is 0 Å². The molecule has 0 fully saturated rings. The van der Waals surface area contributed by atoms with Gasteiger partial charge in [-0.3, -0.25) is 13.9 Å². The summed E-state index contributed by atoms with van der Waals surface area (Å²) in [6, 6.07) is 12.3. The first-order valence-electron chi connectivity index (χ1n) is 10.6. The van der Waals surface area contributed by atoms with Crippen LogP contribution in [0.2, 0.25) is 0 Å². The molecule has 0 radical (unpaired) electrons. The number of carbonyl (C=O) groups is 2. The predicted octanol–water partition coefficient (Wildman–Crippen LogP) is 2.93. The maximum absolute atomic E-state index is 13.5. The molecule has 0 aliphatic carbocycles. The van der Waals surface area contributed by atoms with Gasteiger partial charge < -0.3 is 10.2 Å². The lowest BCUT2D eigenvalue weighted by molar-refractivity contribution is -0.140. The van der Waals surface area contributed by atoms with E-state index in [1.54, 1.807) is 12.1 Å². The van der Waals surface area contributed by atoms with Gasteiger partial charge in [-0.1, -0.05) is 48.9 Å². The van der Waals surface area contributed by atoms with Gasteiger partial charge in [0.1, 0.15) is 12.6 Å². The van der Waals surface area contributed by atoms with E-state index in [1.165, 1.54) is 11.9 Å². The Balaban J connectivity index is 2.48. The summed E-state index contributed by atoms with van der Waals surface area (Å²) < 4.78 is 26.4. The molecule has 32 heavy (non-hydrogen) atoms.